The lowest BCUT2D eigenvalue weighted by atomic mass is 10.1. The summed E-state index contributed by atoms with van der Waals surface area (Å²) in [6.45, 7) is 10.1. The number of thiazole rings is 1. The van der Waals surface area contributed by atoms with Crippen molar-refractivity contribution in [2.75, 3.05) is 5.32 Å². The largest absolute Gasteiger partial charge is 0.508 e. The van der Waals surface area contributed by atoms with E-state index in [0.29, 0.717) is 5.75 Å². The highest BCUT2D eigenvalue weighted by Gasteiger charge is 2.14. The molecule has 0 fully saturated rings. The second-order valence-corrected chi connectivity index (χ2v) is 6.24. The Morgan fingerprint density at radius 2 is 1.84 bits per heavy atom. The first kappa shape index (κ1) is 13.9. The van der Waals surface area contributed by atoms with Crippen molar-refractivity contribution in [3.8, 4) is 5.75 Å². The van der Waals surface area contributed by atoms with E-state index in [2.05, 4.69) is 17.2 Å². The van der Waals surface area contributed by atoms with Crippen molar-refractivity contribution >= 4 is 17.0 Å². The van der Waals surface area contributed by atoms with Crippen LogP contribution >= 0.6 is 11.3 Å². The van der Waals surface area contributed by atoms with E-state index in [9.17, 15) is 5.11 Å². The zero-order valence-electron chi connectivity index (χ0n) is 12.0. The molecule has 102 valence electrons. The van der Waals surface area contributed by atoms with Crippen molar-refractivity contribution in [3.05, 3.63) is 38.8 Å². The van der Waals surface area contributed by atoms with E-state index in [1.165, 1.54) is 4.88 Å². The maximum atomic E-state index is 9.69. The maximum Gasteiger partial charge on any atom is 0.118 e. The summed E-state index contributed by atoms with van der Waals surface area (Å²) in [5.41, 5.74) is 4.09. The number of aromatic hydroxyl groups is 1. The van der Waals surface area contributed by atoms with Crippen molar-refractivity contribution in [1.82, 2.24) is 4.98 Å². The molecule has 1 heterocycles. The molecule has 1 aromatic carbocycles. The first-order valence-corrected chi connectivity index (χ1v) is 7.20. The van der Waals surface area contributed by atoms with Crippen LogP contribution in [0.5, 0.6) is 5.75 Å². The third-order valence-corrected chi connectivity index (χ3v) is 4.50. The van der Waals surface area contributed by atoms with Crippen LogP contribution in [-0.2, 0) is 0 Å². The molecule has 0 saturated heterocycles. The van der Waals surface area contributed by atoms with Gasteiger partial charge in [0.05, 0.1) is 16.7 Å². The zero-order chi connectivity index (χ0) is 14.2. The van der Waals surface area contributed by atoms with E-state index in [4.69, 9.17) is 0 Å². The quantitative estimate of drug-likeness (QED) is 0.823. The highest BCUT2D eigenvalue weighted by Crippen LogP contribution is 2.31. The number of hydrogen-bond acceptors (Lipinski definition) is 4. The Morgan fingerprint density at radius 1 is 1.16 bits per heavy atom. The Balaban J connectivity index is 2.26. The van der Waals surface area contributed by atoms with Gasteiger partial charge in [-0.25, -0.2) is 4.98 Å². The topological polar surface area (TPSA) is 45.2 Å². The summed E-state index contributed by atoms with van der Waals surface area (Å²) in [7, 11) is 0. The minimum atomic E-state index is 0.217. The van der Waals surface area contributed by atoms with Gasteiger partial charge in [-0.05, 0) is 57.9 Å². The number of anilines is 1. The molecule has 19 heavy (non-hydrogen) atoms. The fourth-order valence-electron chi connectivity index (χ4n) is 2.20. The Kier molecular flexibility index (Phi) is 3.80. The van der Waals surface area contributed by atoms with Crippen LogP contribution in [0.15, 0.2) is 12.1 Å². The van der Waals surface area contributed by atoms with Crippen LogP contribution in [0.2, 0.25) is 0 Å². The molecule has 2 aromatic rings. The molecular weight excluding hydrogens is 256 g/mol. The number of aromatic nitrogens is 1. The zero-order valence-corrected chi connectivity index (χ0v) is 12.9. The highest BCUT2D eigenvalue weighted by atomic mass is 32.1. The van der Waals surface area contributed by atoms with E-state index in [1.54, 1.807) is 17.4 Å². The monoisotopic (exact) mass is 276 g/mol. The third-order valence-electron chi connectivity index (χ3n) is 3.25. The molecule has 1 aromatic heterocycles. The minimum absolute atomic E-state index is 0.217. The van der Waals surface area contributed by atoms with Crippen LogP contribution in [0, 0.1) is 27.7 Å². The predicted octanol–water partition coefficient (Wildman–Crippen LogP) is 4.26. The second kappa shape index (κ2) is 5.21. The number of phenolic OH excluding ortho intramolecular Hbond substituents is 1. The number of hydrogen-bond donors (Lipinski definition) is 2. The molecule has 3 nitrogen and oxygen atoms in total. The molecule has 0 aliphatic rings. The molecule has 2 N–H and O–H groups in total. The number of nitrogens with one attached hydrogen (secondary N) is 1. The van der Waals surface area contributed by atoms with Gasteiger partial charge in [-0.2, -0.15) is 0 Å². The summed E-state index contributed by atoms with van der Waals surface area (Å²) >= 11 is 1.73. The number of benzene rings is 1. The second-order valence-electron chi connectivity index (χ2n) is 5.00. The summed E-state index contributed by atoms with van der Waals surface area (Å²) in [6, 6.07) is 4.01. The van der Waals surface area contributed by atoms with Crippen LogP contribution in [0.4, 0.5) is 5.69 Å². The fourth-order valence-corrected chi connectivity index (χ4v) is 3.13. The van der Waals surface area contributed by atoms with Crippen molar-refractivity contribution < 1.29 is 5.11 Å². The Labute approximate surface area is 118 Å². The van der Waals surface area contributed by atoms with Crippen molar-refractivity contribution in [1.29, 1.82) is 0 Å². The average molecular weight is 276 g/mol. The molecule has 4 heteroatoms. The molecule has 0 saturated carbocycles. The van der Waals surface area contributed by atoms with Gasteiger partial charge in [-0.15, -0.1) is 11.3 Å². The molecule has 1 atom stereocenters. The lowest BCUT2D eigenvalue weighted by Gasteiger charge is -2.17. The molecule has 0 aliphatic carbocycles. The van der Waals surface area contributed by atoms with E-state index in [0.717, 1.165) is 27.5 Å². The number of rotatable bonds is 3. The van der Waals surface area contributed by atoms with Gasteiger partial charge in [0, 0.05) is 10.6 Å². The van der Waals surface area contributed by atoms with Gasteiger partial charge < -0.3 is 10.4 Å². The van der Waals surface area contributed by atoms with Crippen molar-refractivity contribution in [2.24, 2.45) is 0 Å². The van der Waals surface area contributed by atoms with E-state index in [-0.39, 0.29) is 6.04 Å². The van der Waals surface area contributed by atoms with Crippen LogP contribution in [-0.4, -0.2) is 10.1 Å². The van der Waals surface area contributed by atoms with E-state index < -0.39 is 0 Å². The normalized spacial score (nSPS) is 12.5. The van der Waals surface area contributed by atoms with Gasteiger partial charge in [-0.3, -0.25) is 0 Å². The van der Waals surface area contributed by atoms with Gasteiger partial charge >= 0.3 is 0 Å². The predicted molar refractivity (Wildman–Crippen MR) is 81.2 cm³/mol. The molecule has 0 bridgehead atoms. The van der Waals surface area contributed by atoms with Crippen LogP contribution in [0.1, 0.15) is 39.7 Å². The molecule has 0 spiro atoms. The van der Waals surface area contributed by atoms with Crippen LogP contribution in [0.25, 0.3) is 0 Å². The molecular formula is C15H20N2OS. The van der Waals surface area contributed by atoms with Gasteiger partial charge in [-0.1, -0.05) is 0 Å². The Bertz CT molecular complexity index is 604. The maximum absolute atomic E-state index is 9.69. The summed E-state index contributed by atoms with van der Waals surface area (Å²) in [5, 5.41) is 14.3. The van der Waals surface area contributed by atoms with Gasteiger partial charge in [0.1, 0.15) is 5.75 Å². The van der Waals surface area contributed by atoms with E-state index in [1.807, 2.05) is 33.8 Å². The lowest BCUT2D eigenvalue weighted by Crippen LogP contribution is -2.07. The smallest absolute Gasteiger partial charge is 0.118 e. The fraction of sp³-hybridized carbons (Fsp3) is 0.400. The molecule has 0 radical (unpaired) electrons. The number of aryl methyl sites for hydroxylation is 4. The number of phenols is 1. The average Bonchev–Trinajstić information content (AvgIpc) is 2.65. The highest BCUT2D eigenvalue weighted by molar-refractivity contribution is 7.11. The Hall–Kier alpha value is -1.55. The van der Waals surface area contributed by atoms with Gasteiger partial charge in [0.25, 0.3) is 0 Å². The van der Waals surface area contributed by atoms with Crippen LogP contribution in [0.3, 0.4) is 0 Å². The minimum Gasteiger partial charge on any atom is -0.508 e. The first-order chi connectivity index (χ1) is 8.88. The molecule has 2 rings (SSSR count). The summed E-state index contributed by atoms with van der Waals surface area (Å²) < 4.78 is 0. The van der Waals surface area contributed by atoms with Crippen LogP contribution < -0.4 is 5.32 Å². The molecule has 1 unspecified atom stereocenters. The molecule has 0 amide bonds. The van der Waals surface area contributed by atoms with Gasteiger partial charge in [0.15, 0.2) is 0 Å². The Morgan fingerprint density at radius 3 is 2.42 bits per heavy atom. The third kappa shape index (κ3) is 2.89. The summed E-state index contributed by atoms with van der Waals surface area (Å²) in [4.78, 5) is 5.73. The van der Waals surface area contributed by atoms with Gasteiger partial charge in [0.2, 0.25) is 0 Å². The summed E-state index contributed by atoms with van der Waals surface area (Å²) in [5.74, 6) is 0.348. The van der Waals surface area contributed by atoms with Crippen molar-refractivity contribution in [2.45, 2.75) is 40.7 Å². The number of nitrogens with zero attached hydrogens (tertiary/aromatic N) is 1. The summed E-state index contributed by atoms with van der Waals surface area (Å²) in [6.07, 6.45) is 0. The van der Waals surface area contributed by atoms with Crippen molar-refractivity contribution in [3.63, 3.8) is 0 Å². The SMILES string of the molecule is Cc1nc(C)c(C(C)Nc2cc(C)c(O)cc2C)s1. The molecule has 0 aliphatic heterocycles. The van der Waals surface area contributed by atoms with E-state index >= 15 is 0 Å². The first-order valence-electron chi connectivity index (χ1n) is 6.39. The lowest BCUT2D eigenvalue weighted by molar-refractivity contribution is 0.470. The standard InChI is InChI=1S/C15H20N2OS/c1-8-7-14(18)9(2)6-13(8)17-11(4)15-10(3)16-12(5)19-15/h6-7,11,17-18H,1-5H3.